The van der Waals surface area contributed by atoms with E-state index in [1.165, 1.54) is 0 Å². The maximum atomic E-state index is 9.29. The summed E-state index contributed by atoms with van der Waals surface area (Å²) in [5.41, 5.74) is 0. The summed E-state index contributed by atoms with van der Waals surface area (Å²) in [6, 6.07) is 0. The van der Waals surface area contributed by atoms with Crippen LogP contribution in [0.3, 0.4) is 0 Å². The highest BCUT2D eigenvalue weighted by atomic mass is 16.1. The minimum Gasteiger partial charge on any atom is -0.367 e. The Balaban J connectivity index is 2.40. The molecule has 0 spiro atoms. The summed E-state index contributed by atoms with van der Waals surface area (Å²) in [5.74, 6) is 0. The van der Waals surface area contributed by atoms with Gasteiger partial charge in [0.1, 0.15) is 7.85 Å². The lowest BCUT2D eigenvalue weighted by Crippen LogP contribution is -2.10. The number of rotatable bonds is 2. The van der Waals surface area contributed by atoms with Gasteiger partial charge in [-0.1, -0.05) is 0 Å². The Hall–Kier alpha value is -0.465. The number of carbonyl (C=O) groups is 1. The quantitative estimate of drug-likeness (QED) is 0.306. The van der Waals surface area contributed by atoms with Gasteiger partial charge in [-0.2, -0.15) is 0 Å². The van der Waals surface area contributed by atoms with E-state index in [1.807, 2.05) is 7.85 Å². The standard InChI is InChI=1S/C2H6BNO/c3-1-4-2-5/h2H,1,3H2,(H,4,5). The van der Waals surface area contributed by atoms with Crippen LogP contribution in [0.5, 0.6) is 0 Å². The van der Waals surface area contributed by atoms with Crippen LogP contribution in [0.2, 0.25) is 0 Å². The third-order valence-electron chi connectivity index (χ3n) is 0.287. The fourth-order valence-electron chi connectivity index (χ4n) is 0.0833. The van der Waals surface area contributed by atoms with Crippen molar-refractivity contribution in [2.45, 2.75) is 0 Å². The number of amides is 1. The first-order chi connectivity index (χ1) is 2.41. The summed E-state index contributed by atoms with van der Waals surface area (Å²) in [5, 5.41) is 2.43. The van der Waals surface area contributed by atoms with Crippen LogP contribution in [0.1, 0.15) is 0 Å². The molecule has 0 bridgehead atoms. The van der Waals surface area contributed by atoms with E-state index in [2.05, 4.69) is 5.32 Å². The molecule has 0 aliphatic heterocycles. The molecule has 0 aliphatic carbocycles. The molecular formula is C2H6BNO. The van der Waals surface area contributed by atoms with E-state index in [0.717, 1.165) is 6.44 Å². The van der Waals surface area contributed by atoms with Crippen molar-refractivity contribution >= 4 is 14.3 Å². The third kappa shape index (κ3) is 3.53. The van der Waals surface area contributed by atoms with Gasteiger partial charge in [0.15, 0.2) is 0 Å². The lowest BCUT2D eigenvalue weighted by Gasteiger charge is -1.78. The third-order valence-corrected chi connectivity index (χ3v) is 0.287. The van der Waals surface area contributed by atoms with Gasteiger partial charge < -0.3 is 5.32 Å². The summed E-state index contributed by atoms with van der Waals surface area (Å²) < 4.78 is 0. The van der Waals surface area contributed by atoms with Crippen LogP contribution in [0.4, 0.5) is 0 Å². The highest BCUT2D eigenvalue weighted by Gasteiger charge is 1.60. The predicted molar refractivity (Wildman–Crippen MR) is 22.6 cm³/mol. The average Bonchev–Trinajstić information content (AvgIpc) is 1.41. The van der Waals surface area contributed by atoms with Crippen molar-refractivity contribution in [3.63, 3.8) is 0 Å². The highest BCUT2D eigenvalue weighted by molar-refractivity contribution is 6.09. The Bertz CT molecular complexity index is 30.8. The maximum Gasteiger partial charge on any atom is 0.206 e. The largest absolute Gasteiger partial charge is 0.367 e. The van der Waals surface area contributed by atoms with Crippen LogP contribution in [-0.4, -0.2) is 20.7 Å². The summed E-state index contributed by atoms with van der Waals surface area (Å²) >= 11 is 0. The van der Waals surface area contributed by atoms with Gasteiger partial charge in [0.25, 0.3) is 0 Å². The van der Waals surface area contributed by atoms with E-state index in [9.17, 15) is 4.79 Å². The number of hydrogen-bond donors (Lipinski definition) is 1. The first-order valence-electron chi connectivity index (χ1n) is 1.59. The summed E-state index contributed by atoms with van der Waals surface area (Å²) in [6.45, 7) is 0. The van der Waals surface area contributed by atoms with Crippen LogP contribution in [-0.2, 0) is 4.79 Å². The summed E-state index contributed by atoms with van der Waals surface area (Å²) in [6.07, 6.45) is 1.41. The van der Waals surface area contributed by atoms with Gasteiger partial charge in [0, 0.05) is 0 Å². The monoisotopic (exact) mass is 71.1 g/mol. The fourth-order valence-corrected chi connectivity index (χ4v) is 0.0833. The van der Waals surface area contributed by atoms with Crippen LogP contribution in [0.15, 0.2) is 0 Å². The van der Waals surface area contributed by atoms with E-state index in [4.69, 9.17) is 0 Å². The van der Waals surface area contributed by atoms with Gasteiger partial charge in [0.2, 0.25) is 6.41 Å². The molecule has 0 rings (SSSR count). The van der Waals surface area contributed by atoms with Crippen molar-refractivity contribution in [2.75, 3.05) is 6.44 Å². The van der Waals surface area contributed by atoms with E-state index in [1.54, 1.807) is 0 Å². The molecule has 5 heavy (non-hydrogen) atoms. The summed E-state index contributed by atoms with van der Waals surface area (Å²) in [7, 11) is 1.87. The second kappa shape index (κ2) is 3.53. The topological polar surface area (TPSA) is 29.1 Å². The molecule has 0 aromatic rings. The lowest BCUT2D eigenvalue weighted by atomic mass is 10.2. The van der Waals surface area contributed by atoms with E-state index in [0.29, 0.717) is 6.41 Å². The van der Waals surface area contributed by atoms with Crippen molar-refractivity contribution in [3.05, 3.63) is 0 Å². The van der Waals surface area contributed by atoms with Crippen molar-refractivity contribution < 1.29 is 4.79 Å². The van der Waals surface area contributed by atoms with Gasteiger partial charge >= 0.3 is 0 Å². The van der Waals surface area contributed by atoms with Gasteiger partial charge in [0.05, 0.1) is 0 Å². The molecule has 0 radical (unpaired) electrons. The molecule has 0 saturated heterocycles. The number of nitrogens with one attached hydrogen (secondary N) is 1. The zero-order valence-electron chi connectivity index (χ0n) is 3.19. The predicted octanol–water partition coefficient (Wildman–Crippen LogP) is -1.68. The molecule has 0 aliphatic rings. The Labute approximate surface area is 32.0 Å². The zero-order chi connectivity index (χ0) is 4.12. The molecule has 3 heteroatoms. The minimum absolute atomic E-state index is 0.681. The van der Waals surface area contributed by atoms with Crippen molar-refractivity contribution in [2.24, 2.45) is 0 Å². The Kier molecular flexibility index (Phi) is 3.21. The zero-order valence-corrected chi connectivity index (χ0v) is 3.19. The molecule has 2 nitrogen and oxygen atoms in total. The highest BCUT2D eigenvalue weighted by Crippen LogP contribution is 1.27. The second-order valence-corrected chi connectivity index (χ2v) is 0.676. The normalized spacial score (nSPS) is 6.40. The van der Waals surface area contributed by atoms with Crippen molar-refractivity contribution in [3.8, 4) is 0 Å². The first kappa shape index (κ1) is 4.53. The van der Waals surface area contributed by atoms with E-state index < -0.39 is 0 Å². The molecule has 0 aromatic carbocycles. The van der Waals surface area contributed by atoms with E-state index in [-0.39, 0.29) is 0 Å². The van der Waals surface area contributed by atoms with Crippen LogP contribution in [0, 0.1) is 0 Å². The van der Waals surface area contributed by atoms with Gasteiger partial charge in [-0.05, 0) is 6.44 Å². The molecule has 1 N–H and O–H groups in total. The molecule has 0 heterocycles. The van der Waals surface area contributed by atoms with Gasteiger partial charge in [-0.15, -0.1) is 0 Å². The molecule has 0 aromatic heterocycles. The molecule has 0 unspecified atom stereocenters. The van der Waals surface area contributed by atoms with Crippen molar-refractivity contribution in [1.29, 1.82) is 0 Å². The van der Waals surface area contributed by atoms with Crippen LogP contribution < -0.4 is 5.32 Å². The molecule has 0 saturated carbocycles. The summed E-state index contributed by atoms with van der Waals surface area (Å²) in [4.78, 5) is 9.29. The Morgan fingerprint density at radius 1 is 2.00 bits per heavy atom. The molecule has 0 fully saturated rings. The molecule has 1 amide bonds. The Morgan fingerprint density at radius 3 is 2.60 bits per heavy atom. The average molecular weight is 70.9 g/mol. The maximum absolute atomic E-state index is 9.29. The molecule has 28 valence electrons. The minimum atomic E-state index is 0.681. The smallest absolute Gasteiger partial charge is 0.206 e. The first-order valence-corrected chi connectivity index (χ1v) is 1.59. The van der Waals surface area contributed by atoms with Crippen LogP contribution >= 0.6 is 0 Å². The van der Waals surface area contributed by atoms with Gasteiger partial charge in [-0.25, -0.2) is 0 Å². The number of carbonyl (C=O) groups excluding carboxylic acids is 1. The lowest BCUT2D eigenvalue weighted by molar-refractivity contribution is -0.109. The SMILES string of the molecule is BCNC=O. The van der Waals surface area contributed by atoms with E-state index >= 15 is 0 Å². The van der Waals surface area contributed by atoms with Crippen molar-refractivity contribution in [1.82, 2.24) is 5.32 Å². The van der Waals surface area contributed by atoms with Gasteiger partial charge in [-0.3, -0.25) is 4.79 Å². The number of hydrogen-bond acceptors (Lipinski definition) is 1. The van der Waals surface area contributed by atoms with Crippen LogP contribution in [0.25, 0.3) is 0 Å². The second-order valence-electron chi connectivity index (χ2n) is 0.676. The molecule has 0 atom stereocenters. The Morgan fingerprint density at radius 2 is 2.60 bits per heavy atom. The fraction of sp³-hybridized carbons (Fsp3) is 0.500. The molecular weight excluding hydrogens is 64.8 g/mol.